The number of hydrogen-bond acceptors (Lipinski definition) is 6. The quantitative estimate of drug-likeness (QED) is 0.498. The number of aliphatic hydroxyl groups is 1. The lowest BCUT2D eigenvalue weighted by Gasteiger charge is -2.45. The molecule has 11 heteroatoms. The second-order valence-electron chi connectivity index (χ2n) is 7.44. The zero-order valence-electron chi connectivity index (χ0n) is 16.3. The smallest absolute Gasteiger partial charge is 0.420 e. The largest absolute Gasteiger partial charge is 0.487 e. The number of carbonyl (C=O) groups excluding carboxylic acids is 1. The highest BCUT2D eigenvalue weighted by Gasteiger charge is 2.38. The lowest BCUT2D eigenvalue weighted by Crippen LogP contribution is -2.60. The summed E-state index contributed by atoms with van der Waals surface area (Å²) in [6.07, 6.45) is 3.02. The van der Waals surface area contributed by atoms with Gasteiger partial charge in [0, 0.05) is 48.3 Å². The number of rotatable bonds is 6. The van der Waals surface area contributed by atoms with Gasteiger partial charge >= 0.3 is 5.57 Å². The Kier molecular flexibility index (Phi) is 5.28. The molecular formula is C20H18ClF2N5O3. The average molecular weight is 450 g/mol. The summed E-state index contributed by atoms with van der Waals surface area (Å²) in [5.74, 6) is 0.0403. The molecule has 1 amide bonds. The first-order chi connectivity index (χ1) is 14.6. The third-order valence-corrected chi connectivity index (χ3v) is 4.71. The number of aromatic amines is 1. The predicted molar refractivity (Wildman–Crippen MR) is 110 cm³/mol. The van der Waals surface area contributed by atoms with Crippen molar-refractivity contribution in [3.63, 3.8) is 0 Å². The van der Waals surface area contributed by atoms with Gasteiger partial charge in [0.2, 0.25) is 0 Å². The Hall–Kier alpha value is -3.24. The molecule has 3 heterocycles. The Balaban J connectivity index is 1.54. The van der Waals surface area contributed by atoms with E-state index in [4.69, 9.17) is 11.6 Å². The molecule has 162 valence electrons. The van der Waals surface area contributed by atoms with E-state index in [-0.39, 0.29) is 11.3 Å². The van der Waals surface area contributed by atoms with Crippen molar-refractivity contribution < 1.29 is 23.4 Å². The minimum atomic E-state index is -3.81. The zero-order valence-corrected chi connectivity index (χ0v) is 17.0. The van der Waals surface area contributed by atoms with Crippen LogP contribution in [0.4, 0.5) is 20.3 Å². The van der Waals surface area contributed by atoms with Crippen LogP contribution in [-0.2, 0) is 0 Å². The number of aromatic nitrogens is 3. The number of carbonyl (C=O) groups is 1. The van der Waals surface area contributed by atoms with Crippen molar-refractivity contribution in [2.75, 3.05) is 23.3 Å². The standard InChI is InChI=1S/C20H18ClF2N5O3/c1-19(30)10-28(11-19)17-15(16-6-7-25-27-16)8-12(9-24-17)18(29)26-13-2-4-14(5-3-13)31-20(21,22)23/h2-9,30H,10-11H2,1H3,(H,25,27)(H,26,29). The number of pyridine rings is 1. The molecule has 0 spiro atoms. The number of hydrogen-bond donors (Lipinski definition) is 3. The Morgan fingerprint density at radius 2 is 2.03 bits per heavy atom. The monoisotopic (exact) mass is 449 g/mol. The summed E-state index contributed by atoms with van der Waals surface area (Å²) in [5.41, 5.74) is -2.60. The van der Waals surface area contributed by atoms with Crippen LogP contribution in [0.15, 0.2) is 48.8 Å². The Morgan fingerprint density at radius 1 is 1.32 bits per heavy atom. The number of alkyl halides is 3. The van der Waals surface area contributed by atoms with Crippen LogP contribution in [0, 0.1) is 0 Å². The number of nitrogens with zero attached hydrogens (tertiary/aromatic N) is 3. The van der Waals surface area contributed by atoms with Crippen molar-refractivity contribution in [2.24, 2.45) is 0 Å². The van der Waals surface area contributed by atoms with Crippen LogP contribution in [0.3, 0.4) is 0 Å². The van der Waals surface area contributed by atoms with E-state index in [1.807, 2.05) is 4.90 Å². The summed E-state index contributed by atoms with van der Waals surface area (Å²) in [6, 6.07) is 8.78. The van der Waals surface area contributed by atoms with Gasteiger partial charge in [0.15, 0.2) is 0 Å². The molecule has 0 aliphatic carbocycles. The van der Waals surface area contributed by atoms with E-state index in [0.717, 1.165) is 0 Å². The van der Waals surface area contributed by atoms with Crippen LogP contribution < -0.4 is 15.0 Å². The second kappa shape index (κ2) is 7.78. The average Bonchev–Trinajstić information content (AvgIpc) is 3.20. The summed E-state index contributed by atoms with van der Waals surface area (Å²) in [6.45, 7) is 2.58. The minimum absolute atomic E-state index is 0.143. The molecule has 2 aromatic heterocycles. The van der Waals surface area contributed by atoms with Gasteiger partial charge in [0.05, 0.1) is 16.9 Å². The molecule has 0 radical (unpaired) electrons. The lowest BCUT2D eigenvalue weighted by molar-refractivity contribution is -0.0964. The maximum atomic E-state index is 12.7. The van der Waals surface area contributed by atoms with E-state index >= 15 is 0 Å². The molecule has 0 bridgehead atoms. The number of benzene rings is 1. The molecule has 3 N–H and O–H groups in total. The summed E-state index contributed by atoms with van der Waals surface area (Å²) in [4.78, 5) is 19.0. The number of β-amino-alcohol motifs (C(OH)–C–C–N with tert-alkyl or cyclic N) is 1. The first-order valence-corrected chi connectivity index (χ1v) is 9.62. The maximum Gasteiger partial charge on any atom is 0.487 e. The summed E-state index contributed by atoms with van der Waals surface area (Å²) < 4.78 is 29.6. The SMILES string of the molecule is CC1(O)CN(c2ncc(C(=O)Nc3ccc(OC(F)(F)Cl)cc3)cc2-c2ccn[nH]2)C1. The molecule has 0 unspecified atom stereocenters. The van der Waals surface area contributed by atoms with Crippen molar-refractivity contribution >= 4 is 29.0 Å². The van der Waals surface area contributed by atoms with Crippen LogP contribution in [0.5, 0.6) is 5.75 Å². The summed E-state index contributed by atoms with van der Waals surface area (Å²) in [5, 5.41) is 19.5. The number of halogens is 3. The van der Waals surface area contributed by atoms with Crippen molar-refractivity contribution in [3.05, 3.63) is 54.4 Å². The van der Waals surface area contributed by atoms with Gasteiger partial charge in [-0.1, -0.05) is 0 Å². The van der Waals surface area contributed by atoms with Crippen molar-refractivity contribution in [2.45, 2.75) is 18.1 Å². The number of anilines is 2. The first kappa shape index (κ1) is 21.0. The van der Waals surface area contributed by atoms with Crippen molar-refractivity contribution in [1.29, 1.82) is 0 Å². The molecule has 1 fully saturated rings. The van der Waals surface area contributed by atoms with Gasteiger partial charge in [-0.05, 0) is 43.3 Å². The van der Waals surface area contributed by atoms with Crippen molar-refractivity contribution in [1.82, 2.24) is 15.2 Å². The van der Waals surface area contributed by atoms with Crippen LogP contribution in [0.1, 0.15) is 17.3 Å². The second-order valence-corrected chi connectivity index (χ2v) is 7.88. The maximum absolute atomic E-state index is 12.7. The molecule has 1 aliphatic rings. The minimum Gasteiger partial charge on any atom is -0.420 e. The molecular weight excluding hydrogens is 432 g/mol. The highest BCUT2D eigenvalue weighted by Crippen LogP contribution is 2.34. The predicted octanol–water partition coefficient (Wildman–Crippen LogP) is 3.46. The van der Waals surface area contributed by atoms with Gasteiger partial charge in [-0.15, -0.1) is 8.78 Å². The van der Waals surface area contributed by atoms with Gasteiger partial charge in [0.25, 0.3) is 5.91 Å². The summed E-state index contributed by atoms with van der Waals surface area (Å²) in [7, 11) is 0. The summed E-state index contributed by atoms with van der Waals surface area (Å²) >= 11 is 4.74. The molecule has 31 heavy (non-hydrogen) atoms. The number of nitrogens with one attached hydrogen (secondary N) is 2. The Morgan fingerprint density at radius 3 is 2.61 bits per heavy atom. The molecule has 1 aliphatic heterocycles. The van der Waals surface area contributed by atoms with E-state index in [9.17, 15) is 18.7 Å². The fraction of sp³-hybridized carbons (Fsp3) is 0.250. The van der Waals surface area contributed by atoms with Crippen LogP contribution in [-0.4, -0.2) is 50.5 Å². The Labute approximate surface area is 180 Å². The third-order valence-electron chi connectivity index (χ3n) is 4.63. The molecule has 3 aromatic rings. The molecule has 8 nitrogen and oxygen atoms in total. The van der Waals surface area contributed by atoms with Crippen LogP contribution in [0.25, 0.3) is 11.3 Å². The topological polar surface area (TPSA) is 103 Å². The van der Waals surface area contributed by atoms with Gasteiger partial charge in [-0.25, -0.2) is 4.98 Å². The molecule has 4 rings (SSSR count). The number of H-pyrrole nitrogens is 1. The molecule has 1 aromatic carbocycles. The highest BCUT2D eigenvalue weighted by atomic mass is 35.5. The first-order valence-electron chi connectivity index (χ1n) is 9.24. The Bertz CT molecular complexity index is 1080. The highest BCUT2D eigenvalue weighted by molar-refractivity contribution is 6.20. The fourth-order valence-electron chi connectivity index (χ4n) is 3.31. The van der Waals surface area contributed by atoms with Gasteiger partial charge in [-0.2, -0.15) is 5.10 Å². The number of ether oxygens (including phenoxy) is 1. The lowest BCUT2D eigenvalue weighted by atomic mass is 9.96. The van der Waals surface area contributed by atoms with Gasteiger partial charge in [0.1, 0.15) is 11.6 Å². The fourth-order valence-corrected chi connectivity index (χ4v) is 3.40. The van der Waals surface area contributed by atoms with E-state index in [2.05, 4.69) is 25.2 Å². The molecule has 1 saturated heterocycles. The normalized spacial score (nSPS) is 15.3. The number of amides is 1. The van der Waals surface area contributed by atoms with E-state index in [1.54, 1.807) is 25.3 Å². The van der Waals surface area contributed by atoms with E-state index in [1.165, 1.54) is 30.5 Å². The van der Waals surface area contributed by atoms with E-state index < -0.39 is 17.1 Å². The van der Waals surface area contributed by atoms with Crippen molar-refractivity contribution in [3.8, 4) is 17.0 Å². The van der Waals surface area contributed by atoms with E-state index in [0.29, 0.717) is 35.9 Å². The van der Waals surface area contributed by atoms with Gasteiger partial charge in [-0.3, -0.25) is 9.89 Å². The molecule has 0 saturated carbocycles. The zero-order chi connectivity index (χ0) is 22.2. The third kappa shape index (κ3) is 4.92. The van der Waals surface area contributed by atoms with Gasteiger partial charge < -0.3 is 20.1 Å². The van der Waals surface area contributed by atoms with Crippen LogP contribution in [0.2, 0.25) is 0 Å². The molecule has 0 atom stereocenters. The van der Waals surface area contributed by atoms with Crippen LogP contribution >= 0.6 is 11.6 Å².